The number of hydrogen-bond acceptors (Lipinski definition) is 4. The van der Waals surface area contributed by atoms with Gasteiger partial charge in [-0.1, -0.05) is 22.0 Å². The average molecular weight is 330 g/mol. The molecule has 2 rings (SSSR count). The fraction of sp³-hybridized carbons (Fsp3) is 0.182. The Morgan fingerprint density at radius 1 is 1.44 bits per heavy atom. The third kappa shape index (κ3) is 2.63. The van der Waals surface area contributed by atoms with Gasteiger partial charge in [0.25, 0.3) is 0 Å². The van der Waals surface area contributed by atoms with Crippen LogP contribution in [0.5, 0.6) is 0 Å². The van der Waals surface area contributed by atoms with Crippen LogP contribution in [0.3, 0.4) is 0 Å². The maximum Gasteiger partial charge on any atom is 0.178 e. The molecule has 5 nitrogen and oxygen atoms in total. The third-order valence-corrected chi connectivity index (χ3v) is 4.06. The van der Waals surface area contributed by atoms with Gasteiger partial charge in [-0.15, -0.1) is 0 Å². The largest absolute Gasteiger partial charge is 0.326 e. The number of benzene rings is 1. The van der Waals surface area contributed by atoms with Crippen molar-refractivity contribution in [2.75, 3.05) is 6.26 Å². The molecule has 1 aromatic heterocycles. The Labute approximate surface area is 114 Å². The summed E-state index contributed by atoms with van der Waals surface area (Å²) < 4.78 is 25.2. The highest BCUT2D eigenvalue weighted by atomic mass is 79.9. The highest BCUT2D eigenvalue weighted by molar-refractivity contribution is 9.10. The van der Waals surface area contributed by atoms with Crippen molar-refractivity contribution in [3.05, 3.63) is 40.6 Å². The van der Waals surface area contributed by atoms with Crippen molar-refractivity contribution in [3.63, 3.8) is 0 Å². The van der Waals surface area contributed by atoms with E-state index in [1.807, 2.05) is 18.2 Å². The zero-order chi connectivity index (χ0) is 13.3. The van der Waals surface area contributed by atoms with Crippen molar-refractivity contribution in [2.45, 2.75) is 11.4 Å². The second-order valence-electron chi connectivity index (χ2n) is 3.87. The molecule has 18 heavy (non-hydrogen) atoms. The third-order valence-electron chi connectivity index (χ3n) is 2.50. The molecule has 0 aliphatic rings. The molecule has 0 atom stereocenters. The van der Waals surface area contributed by atoms with E-state index in [1.165, 1.54) is 17.1 Å². The summed E-state index contributed by atoms with van der Waals surface area (Å²) in [7, 11) is -3.25. The first-order valence-electron chi connectivity index (χ1n) is 5.15. The van der Waals surface area contributed by atoms with E-state index in [4.69, 9.17) is 5.73 Å². The van der Waals surface area contributed by atoms with Crippen molar-refractivity contribution in [2.24, 2.45) is 5.73 Å². The van der Waals surface area contributed by atoms with Crippen LogP contribution in [0.15, 0.2) is 40.0 Å². The van der Waals surface area contributed by atoms with Gasteiger partial charge < -0.3 is 5.73 Å². The van der Waals surface area contributed by atoms with Gasteiger partial charge in [0.15, 0.2) is 9.84 Å². The Kier molecular flexibility index (Phi) is 3.56. The van der Waals surface area contributed by atoms with E-state index < -0.39 is 9.84 Å². The van der Waals surface area contributed by atoms with E-state index in [2.05, 4.69) is 21.0 Å². The van der Waals surface area contributed by atoms with Crippen molar-refractivity contribution in [3.8, 4) is 5.69 Å². The average Bonchev–Trinajstić information content (AvgIpc) is 2.77. The van der Waals surface area contributed by atoms with Crippen LogP contribution in [0.2, 0.25) is 0 Å². The van der Waals surface area contributed by atoms with E-state index in [0.29, 0.717) is 6.54 Å². The minimum Gasteiger partial charge on any atom is -0.326 e. The molecule has 0 spiro atoms. The molecule has 2 aromatic rings. The monoisotopic (exact) mass is 329 g/mol. The van der Waals surface area contributed by atoms with Gasteiger partial charge >= 0.3 is 0 Å². The lowest BCUT2D eigenvalue weighted by Crippen LogP contribution is -2.05. The topological polar surface area (TPSA) is 78.0 Å². The molecule has 0 aliphatic carbocycles. The minimum atomic E-state index is -3.25. The Morgan fingerprint density at radius 3 is 2.72 bits per heavy atom. The van der Waals surface area contributed by atoms with Gasteiger partial charge in [0, 0.05) is 23.5 Å². The number of sulfone groups is 1. The summed E-state index contributed by atoms with van der Waals surface area (Å²) >= 11 is 3.37. The fourth-order valence-electron chi connectivity index (χ4n) is 1.55. The number of rotatable bonds is 3. The SMILES string of the molecule is CS(=O)(=O)c1cnn(-c2cc(Br)ccc2CN)c1. The molecular formula is C11H12BrN3O2S. The first-order valence-corrected chi connectivity index (χ1v) is 7.84. The highest BCUT2D eigenvalue weighted by Crippen LogP contribution is 2.21. The van der Waals surface area contributed by atoms with Crippen molar-refractivity contribution >= 4 is 25.8 Å². The number of halogens is 1. The van der Waals surface area contributed by atoms with Gasteiger partial charge in [0.1, 0.15) is 4.90 Å². The molecule has 0 fully saturated rings. The molecule has 0 unspecified atom stereocenters. The summed E-state index contributed by atoms with van der Waals surface area (Å²) in [6.07, 6.45) is 3.96. The highest BCUT2D eigenvalue weighted by Gasteiger charge is 2.12. The molecule has 0 amide bonds. The number of nitrogens with zero attached hydrogens (tertiary/aromatic N) is 2. The van der Waals surface area contributed by atoms with Gasteiger partial charge in [-0.3, -0.25) is 0 Å². The van der Waals surface area contributed by atoms with Crippen LogP contribution >= 0.6 is 15.9 Å². The molecule has 2 N–H and O–H groups in total. The number of aromatic nitrogens is 2. The Balaban J connectivity index is 2.55. The summed E-state index contributed by atoms with van der Waals surface area (Å²) in [6.45, 7) is 0.358. The normalized spacial score (nSPS) is 11.7. The van der Waals surface area contributed by atoms with E-state index in [-0.39, 0.29) is 4.90 Å². The summed E-state index contributed by atoms with van der Waals surface area (Å²) in [4.78, 5) is 0.186. The molecule has 1 aromatic carbocycles. The van der Waals surface area contributed by atoms with Crippen LogP contribution in [0.1, 0.15) is 5.56 Å². The van der Waals surface area contributed by atoms with Crippen LogP contribution in [0.4, 0.5) is 0 Å². The minimum absolute atomic E-state index is 0.186. The lowest BCUT2D eigenvalue weighted by atomic mass is 10.2. The molecule has 96 valence electrons. The fourth-order valence-corrected chi connectivity index (χ4v) is 2.43. The van der Waals surface area contributed by atoms with Gasteiger partial charge in [-0.2, -0.15) is 5.10 Å². The molecule has 0 saturated heterocycles. The van der Waals surface area contributed by atoms with Crippen LogP contribution in [-0.2, 0) is 16.4 Å². The molecule has 1 heterocycles. The molecule has 7 heteroatoms. The van der Waals surface area contributed by atoms with E-state index >= 15 is 0 Å². The maximum atomic E-state index is 11.4. The molecule has 0 radical (unpaired) electrons. The van der Waals surface area contributed by atoms with Crippen molar-refractivity contribution in [1.29, 1.82) is 0 Å². The summed E-state index contributed by atoms with van der Waals surface area (Å²) in [5.74, 6) is 0. The quantitative estimate of drug-likeness (QED) is 0.925. The van der Waals surface area contributed by atoms with Crippen LogP contribution < -0.4 is 5.73 Å². The van der Waals surface area contributed by atoms with Crippen molar-refractivity contribution < 1.29 is 8.42 Å². The predicted octanol–water partition coefficient (Wildman–Crippen LogP) is 1.50. The van der Waals surface area contributed by atoms with E-state index in [0.717, 1.165) is 22.0 Å². The van der Waals surface area contributed by atoms with Gasteiger partial charge in [0.2, 0.25) is 0 Å². The van der Waals surface area contributed by atoms with E-state index in [1.54, 1.807) is 0 Å². The first-order chi connectivity index (χ1) is 8.41. The first kappa shape index (κ1) is 13.3. The lowest BCUT2D eigenvalue weighted by molar-refractivity contribution is 0.602. The summed E-state index contributed by atoms with van der Waals surface area (Å²) in [5, 5.41) is 4.06. The Morgan fingerprint density at radius 2 is 2.17 bits per heavy atom. The van der Waals surface area contributed by atoms with E-state index in [9.17, 15) is 8.42 Å². The van der Waals surface area contributed by atoms with Crippen molar-refractivity contribution in [1.82, 2.24) is 9.78 Å². The van der Waals surface area contributed by atoms with Crippen LogP contribution in [0, 0.1) is 0 Å². The smallest absolute Gasteiger partial charge is 0.178 e. The predicted molar refractivity (Wildman–Crippen MR) is 72.3 cm³/mol. The van der Waals surface area contributed by atoms with Gasteiger partial charge in [0.05, 0.1) is 11.9 Å². The molecular weight excluding hydrogens is 318 g/mol. The maximum absolute atomic E-state index is 11.4. The number of hydrogen-bond donors (Lipinski definition) is 1. The van der Waals surface area contributed by atoms with Gasteiger partial charge in [-0.25, -0.2) is 13.1 Å². The standard InChI is InChI=1S/C11H12BrN3O2S/c1-18(16,17)10-6-14-15(7-10)11-4-9(12)3-2-8(11)5-13/h2-4,6-7H,5,13H2,1H3. The second kappa shape index (κ2) is 4.83. The second-order valence-corrected chi connectivity index (χ2v) is 6.80. The lowest BCUT2D eigenvalue weighted by Gasteiger charge is -2.08. The Hall–Kier alpha value is -1.18. The summed E-state index contributed by atoms with van der Waals surface area (Å²) in [6, 6.07) is 5.61. The van der Waals surface area contributed by atoms with Crippen LogP contribution in [-0.4, -0.2) is 24.5 Å². The van der Waals surface area contributed by atoms with Crippen LogP contribution in [0.25, 0.3) is 5.69 Å². The summed E-state index contributed by atoms with van der Waals surface area (Å²) in [5.41, 5.74) is 7.31. The Bertz CT molecular complexity index is 679. The molecule has 0 saturated carbocycles. The zero-order valence-corrected chi connectivity index (χ0v) is 12.1. The molecule has 0 aliphatic heterocycles. The molecule has 0 bridgehead atoms. The van der Waals surface area contributed by atoms with Gasteiger partial charge in [-0.05, 0) is 17.7 Å². The number of nitrogens with two attached hydrogens (primary N) is 1. The zero-order valence-electron chi connectivity index (χ0n) is 9.67.